The van der Waals surface area contributed by atoms with Gasteiger partial charge in [-0.05, 0) is 41.0 Å². The highest BCUT2D eigenvalue weighted by atomic mass is 79.9. The number of carbonyl (C=O) groups excluding carboxylic acids is 3. The van der Waals surface area contributed by atoms with Crippen LogP contribution in [0, 0.1) is 0 Å². The molecule has 1 amide bonds. The SMILES string of the molecule is COC(=O)C(Cc1ccccc1)NC(=O)c1cc(Br)c(OC(=O)C2CCN2C)cc1O. The number of methoxy groups -OCH3 is 1. The van der Waals surface area contributed by atoms with Crippen LogP contribution in [-0.4, -0.2) is 60.6 Å². The molecule has 2 unspecified atom stereocenters. The number of phenolic OH excluding ortho intramolecular Hbond substituents is 1. The number of likely N-dealkylation sites (N-methyl/N-ethyl adjacent to an activating group) is 1. The van der Waals surface area contributed by atoms with Crippen molar-refractivity contribution >= 4 is 33.8 Å². The Bertz CT molecular complexity index is 981. The van der Waals surface area contributed by atoms with Gasteiger partial charge in [0.05, 0.1) is 17.1 Å². The maximum absolute atomic E-state index is 12.8. The van der Waals surface area contributed by atoms with Crippen molar-refractivity contribution < 1.29 is 29.0 Å². The van der Waals surface area contributed by atoms with Gasteiger partial charge in [0.25, 0.3) is 5.91 Å². The van der Waals surface area contributed by atoms with Gasteiger partial charge in [-0.25, -0.2) is 9.59 Å². The van der Waals surface area contributed by atoms with Crippen LogP contribution < -0.4 is 10.1 Å². The molecular weight excluding hydrogens is 468 g/mol. The average molecular weight is 491 g/mol. The molecule has 2 atom stereocenters. The lowest BCUT2D eigenvalue weighted by molar-refractivity contribution is -0.144. The van der Waals surface area contributed by atoms with E-state index in [2.05, 4.69) is 21.2 Å². The predicted octanol–water partition coefficient (Wildman–Crippen LogP) is 2.28. The lowest BCUT2D eigenvalue weighted by atomic mass is 10.0. The standard InChI is InChI=1S/C22H23BrN2O6/c1-25-9-8-17(25)22(29)31-19-12-18(26)14(11-15(19)23)20(27)24-16(21(28)30-2)10-13-6-4-3-5-7-13/h3-7,11-12,16-17,26H,8-10H2,1-2H3,(H,24,27). The minimum atomic E-state index is -0.940. The highest BCUT2D eigenvalue weighted by molar-refractivity contribution is 9.10. The van der Waals surface area contributed by atoms with E-state index < -0.39 is 23.9 Å². The van der Waals surface area contributed by atoms with Gasteiger partial charge in [0.2, 0.25) is 0 Å². The van der Waals surface area contributed by atoms with Gasteiger partial charge < -0.3 is 19.9 Å². The zero-order chi connectivity index (χ0) is 22.5. The Morgan fingerprint density at radius 2 is 1.97 bits per heavy atom. The Kier molecular flexibility index (Phi) is 7.29. The van der Waals surface area contributed by atoms with E-state index in [-0.39, 0.29) is 29.5 Å². The number of phenols is 1. The van der Waals surface area contributed by atoms with E-state index in [9.17, 15) is 19.5 Å². The first kappa shape index (κ1) is 22.8. The maximum atomic E-state index is 12.8. The molecule has 1 saturated heterocycles. The van der Waals surface area contributed by atoms with E-state index >= 15 is 0 Å². The number of hydrogen-bond acceptors (Lipinski definition) is 7. The fourth-order valence-corrected chi connectivity index (χ4v) is 3.64. The molecule has 8 nitrogen and oxygen atoms in total. The molecule has 1 aliphatic rings. The molecule has 1 fully saturated rings. The van der Waals surface area contributed by atoms with Gasteiger partial charge in [-0.2, -0.15) is 0 Å². The molecule has 164 valence electrons. The number of likely N-dealkylation sites (tertiary alicyclic amines) is 1. The molecule has 2 aromatic rings. The number of rotatable bonds is 7. The van der Waals surface area contributed by atoms with E-state index in [0.717, 1.165) is 12.1 Å². The van der Waals surface area contributed by atoms with Crippen LogP contribution in [0.1, 0.15) is 22.3 Å². The summed E-state index contributed by atoms with van der Waals surface area (Å²) in [6.07, 6.45) is 0.932. The number of hydrogen-bond donors (Lipinski definition) is 2. The zero-order valence-corrected chi connectivity index (χ0v) is 18.7. The second kappa shape index (κ2) is 9.93. The minimum absolute atomic E-state index is 0.0746. The van der Waals surface area contributed by atoms with Crippen LogP contribution in [0.4, 0.5) is 0 Å². The Hall–Kier alpha value is -2.91. The van der Waals surface area contributed by atoms with Crippen molar-refractivity contribution in [1.82, 2.24) is 10.2 Å². The maximum Gasteiger partial charge on any atom is 0.328 e. The van der Waals surface area contributed by atoms with Crippen molar-refractivity contribution in [3.63, 3.8) is 0 Å². The third-order valence-electron chi connectivity index (χ3n) is 5.14. The number of halogens is 1. The van der Waals surface area contributed by atoms with E-state index in [1.165, 1.54) is 19.2 Å². The monoisotopic (exact) mass is 490 g/mol. The molecule has 0 aliphatic carbocycles. The first-order chi connectivity index (χ1) is 14.8. The summed E-state index contributed by atoms with van der Waals surface area (Å²) in [4.78, 5) is 39.0. The first-order valence-electron chi connectivity index (χ1n) is 9.67. The van der Waals surface area contributed by atoms with Crippen LogP contribution in [0.2, 0.25) is 0 Å². The number of ether oxygens (including phenoxy) is 2. The highest BCUT2D eigenvalue weighted by Gasteiger charge is 2.33. The molecule has 2 aromatic carbocycles. The van der Waals surface area contributed by atoms with Crippen LogP contribution in [0.25, 0.3) is 0 Å². The third kappa shape index (κ3) is 5.42. The number of carbonyl (C=O) groups is 3. The quantitative estimate of drug-likeness (QED) is 0.452. The van der Waals surface area contributed by atoms with Gasteiger partial charge in [0.15, 0.2) is 0 Å². The molecule has 3 rings (SSSR count). The molecule has 9 heteroatoms. The van der Waals surface area contributed by atoms with Crippen molar-refractivity contribution in [3.05, 3.63) is 58.1 Å². The summed E-state index contributed by atoms with van der Waals surface area (Å²) < 4.78 is 10.5. The Balaban J connectivity index is 1.74. The minimum Gasteiger partial charge on any atom is -0.507 e. The molecule has 2 N–H and O–H groups in total. The fourth-order valence-electron chi connectivity index (χ4n) is 3.21. The normalized spacial score (nSPS) is 16.7. The molecule has 0 bridgehead atoms. The van der Waals surface area contributed by atoms with Gasteiger partial charge in [0.1, 0.15) is 23.6 Å². The number of nitrogens with one attached hydrogen (secondary N) is 1. The number of benzene rings is 2. The van der Waals surface area contributed by atoms with Crippen LogP contribution in [0.5, 0.6) is 11.5 Å². The summed E-state index contributed by atoms with van der Waals surface area (Å²) in [5.74, 6) is -1.98. The van der Waals surface area contributed by atoms with Crippen LogP contribution in [0.15, 0.2) is 46.9 Å². The number of nitrogens with zero attached hydrogens (tertiary/aromatic N) is 1. The molecule has 1 heterocycles. The third-order valence-corrected chi connectivity index (χ3v) is 5.76. The van der Waals surface area contributed by atoms with E-state index in [4.69, 9.17) is 9.47 Å². The Labute approximate surface area is 188 Å². The smallest absolute Gasteiger partial charge is 0.328 e. The van der Waals surface area contributed by atoms with Crippen molar-refractivity contribution in [1.29, 1.82) is 0 Å². The zero-order valence-electron chi connectivity index (χ0n) is 17.1. The summed E-state index contributed by atoms with van der Waals surface area (Å²) in [7, 11) is 3.06. The lowest BCUT2D eigenvalue weighted by Crippen LogP contribution is -2.51. The Morgan fingerprint density at radius 3 is 2.55 bits per heavy atom. The van der Waals surface area contributed by atoms with Gasteiger partial charge in [-0.15, -0.1) is 0 Å². The summed E-state index contributed by atoms with van der Waals surface area (Å²) in [5.41, 5.74) is 0.765. The van der Waals surface area contributed by atoms with Crippen LogP contribution >= 0.6 is 15.9 Å². The molecule has 1 aliphatic heterocycles. The number of esters is 2. The molecular formula is C22H23BrN2O6. The topological polar surface area (TPSA) is 105 Å². The molecule has 0 radical (unpaired) electrons. The second-order valence-electron chi connectivity index (χ2n) is 7.24. The largest absolute Gasteiger partial charge is 0.507 e. The second-order valence-corrected chi connectivity index (χ2v) is 8.10. The predicted molar refractivity (Wildman–Crippen MR) is 116 cm³/mol. The lowest BCUT2D eigenvalue weighted by Gasteiger charge is -2.35. The fraction of sp³-hybridized carbons (Fsp3) is 0.318. The highest BCUT2D eigenvalue weighted by Crippen LogP contribution is 2.33. The van der Waals surface area contributed by atoms with Gasteiger partial charge in [-0.3, -0.25) is 9.69 Å². The molecule has 31 heavy (non-hydrogen) atoms. The van der Waals surface area contributed by atoms with Crippen molar-refractivity contribution in [3.8, 4) is 11.5 Å². The van der Waals surface area contributed by atoms with Gasteiger partial charge in [-0.1, -0.05) is 30.3 Å². The number of aromatic hydroxyl groups is 1. The summed E-state index contributed by atoms with van der Waals surface area (Å²) in [5, 5.41) is 13.0. The summed E-state index contributed by atoms with van der Waals surface area (Å²) in [6.45, 7) is 0.815. The van der Waals surface area contributed by atoms with Crippen LogP contribution in [-0.2, 0) is 20.7 Å². The Morgan fingerprint density at radius 1 is 1.26 bits per heavy atom. The van der Waals surface area contributed by atoms with Crippen LogP contribution in [0.3, 0.4) is 0 Å². The van der Waals surface area contributed by atoms with Gasteiger partial charge >= 0.3 is 11.9 Å². The molecule has 0 aromatic heterocycles. The number of amides is 1. The summed E-state index contributed by atoms with van der Waals surface area (Å²) >= 11 is 3.27. The van der Waals surface area contributed by atoms with E-state index in [1.54, 1.807) is 0 Å². The molecule has 0 saturated carbocycles. The van der Waals surface area contributed by atoms with Crippen molar-refractivity contribution in [2.75, 3.05) is 20.7 Å². The average Bonchev–Trinajstić information content (AvgIpc) is 2.74. The van der Waals surface area contributed by atoms with E-state index in [0.29, 0.717) is 10.9 Å². The summed E-state index contributed by atoms with van der Waals surface area (Å²) in [6, 6.07) is 10.4. The van der Waals surface area contributed by atoms with Crippen molar-refractivity contribution in [2.24, 2.45) is 0 Å². The van der Waals surface area contributed by atoms with Gasteiger partial charge in [0, 0.05) is 19.0 Å². The van der Waals surface area contributed by atoms with E-state index in [1.807, 2.05) is 42.3 Å². The molecule has 0 spiro atoms. The first-order valence-corrected chi connectivity index (χ1v) is 10.5. The van der Waals surface area contributed by atoms with Crippen molar-refractivity contribution in [2.45, 2.75) is 24.9 Å².